The van der Waals surface area contributed by atoms with E-state index in [2.05, 4.69) is 4.99 Å². The van der Waals surface area contributed by atoms with Gasteiger partial charge in [-0.2, -0.15) is 4.99 Å². The minimum atomic E-state index is -0.727. The van der Waals surface area contributed by atoms with E-state index in [0.29, 0.717) is 40.4 Å². The Hall–Kier alpha value is -3.95. The van der Waals surface area contributed by atoms with E-state index < -0.39 is 11.5 Å². The number of benzene rings is 3. The summed E-state index contributed by atoms with van der Waals surface area (Å²) in [4.78, 5) is 30.7. The number of amides is 1. The molecule has 2 aromatic heterocycles. The number of nitrogens with zero attached hydrogens (tertiary/aromatic N) is 2. The number of methoxy groups -OCH3 is 3. The minimum absolute atomic E-state index is 0.125. The maximum atomic E-state index is 13.2. The lowest BCUT2D eigenvalue weighted by Crippen LogP contribution is -2.21. The third kappa shape index (κ3) is 4.09. The van der Waals surface area contributed by atoms with E-state index in [1.807, 2.05) is 47.0 Å². The molecule has 0 N–H and O–H groups in total. The van der Waals surface area contributed by atoms with Crippen LogP contribution >= 0.6 is 11.3 Å². The predicted molar refractivity (Wildman–Crippen MR) is 135 cm³/mol. The van der Waals surface area contributed by atoms with Crippen molar-refractivity contribution in [3.8, 4) is 11.5 Å². The number of ether oxygens (including phenoxy) is 3. The molecule has 0 aliphatic heterocycles. The van der Waals surface area contributed by atoms with E-state index in [-0.39, 0.29) is 5.56 Å². The monoisotopic (exact) mass is 490 g/mol. The Balaban J connectivity index is 1.69. The average molecular weight is 491 g/mol. The third-order valence-corrected chi connectivity index (χ3v) is 6.82. The minimum Gasteiger partial charge on any atom is -0.493 e. The second-order valence-electron chi connectivity index (χ2n) is 7.77. The maximum absolute atomic E-state index is 13.2. The fraction of sp³-hybridized carbons (Fsp3) is 0.192. The molecule has 0 saturated heterocycles. The van der Waals surface area contributed by atoms with Crippen LogP contribution in [0, 0.1) is 0 Å². The Labute approximate surface area is 203 Å². The highest BCUT2D eigenvalue weighted by Gasteiger charge is 2.17. The Bertz CT molecular complexity index is 1710. The van der Waals surface area contributed by atoms with Crippen LogP contribution in [-0.4, -0.2) is 38.4 Å². The van der Waals surface area contributed by atoms with Gasteiger partial charge in [-0.3, -0.25) is 4.79 Å². The first kappa shape index (κ1) is 22.8. The maximum Gasteiger partial charge on any atom is 0.349 e. The van der Waals surface area contributed by atoms with Gasteiger partial charge in [0, 0.05) is 31.2 Å². The summed E-state index contributed by atoms with van der Waals surface area (Å²) in [7, 11) is 4.73. The molecule has 8 nitrogen and oxygen atoms in total. The topological polar surface area (TPSA) is 92.3 Å². The molecule has 178 valence electrons. The van der Waals surface area contributed by atoms with Crippen LogP contribution in [0.4, 0.5) is 0 Å². The van der Waals surface area contributed by atoms with E-state index >= 15 is 0 Å². The van der Waals surface area contributed by atoms with Crippen molar-refractivity contribution in [1.82, 2.24) is 4.57 Å². The van der Waals surface area contributed by atoms with E-state index in [1.165, 1.54) is 11.3 Å². The quantitative estimate of drug-likeness (QED) is 0.259. The van der Waals surface area contributed by atoms with Gasteiger partial charge in [-0.05, 0) is 22.9 Å². The second-order valence-corrected chi connectivity index (χ2v) is 8.78. The van der Waals surface area contributed by atoms with Gasteiger partial charge in [-0.15, -0.1) is 0 Å². The second kappa shape index (κ2) is 9.36. The molecule has 0 unspecified atom stereocenters. The Morgan fingerprint density at radius 2 is 1.77 bits per heavy atom. The first-order chi connectivity index (χ1) is 17.0. The van der Waals surface area contributed by atoms with Gasteiger partial charge in [-0.1, -0.05) is 41.7 Å². The van der Waals surface area contributed by atoms with Gasteiger partial charge < -0.3 is 23.2 Å². The molecular formula is C26H22N2O6S. The highest BCUT2D eigenvalue weighted by molar-refractivity contribution is 7.16. The summed E-state index contributed by atoms with van der Waals surface area (Å²) < 4.78 is 24.3. The molecule has 35 heavy (non-hydrogen) atoms. The lowest BCUT2D eigenvalue weighted by atomic mass is 10.0. The Morgan fingerprint density at radius 3 is 2.54 bits per heavy atom. The Kier molecular flexibility index (Phi) is 6.10. The number of thiazole rings is 1. The zero-order valence-electron chi connectivity index (χ0n) is 19.4. The standard InChI is InChI=1S/C26H22N2O6S/c1-31-11-10-28-19-13-21(32-2)22(33-3)14-23(19)35-26(28)27-24(29)18-12-17-16-7-5-4-6-15(16)8-9-20(17)34-25(18)30/h4-9,12-14H,10-11H2,1-3H3. The number of carbonyl (C=O) groups is 1. The molecule has 0 fully saturated rings. The number of hydrogen-bond acceptors (Lipinski definition) is 7. The average Bonchev–Trinajstić information content (AvgIpc) is 3.21. The lowest BCUT2D eigenvalue weighted by molar-refractivity contribution is 0.0994. The van der Waals surface area contributed by atoms with Gasteiger partial charge in [0.05, 0.1) is 31.0 Å². The van der Waals surface area contributed by atoms with Gasteiger partial charge in [-0.25, -0.2) is 4.79 Å². The SMILES string of the molecule is COCCn1c(=NC(=O)c2cc3c(ccc4ccccc43)oc2=O)sc2cc(OC)c(OC)cc21. The summed E-state index contributed by atoms with van der Waals surface area (Å²) >= 11 is 1.31. The van der Waals surface area contributed by atoms with Crippen molar-refractivity contribution in [1.29, 1.82) is 0 Å². The van der Waals surface area contributed by atoms with Crippen molar-refractivity contribution < 1.29 is 23.4 Å². The normalized spacial score (nSPS) is 12.0. The molecule has 5 aromatic rings. The van der Waals surface area contributed by atoms with Crippen LogP contribution in [0.2, 0.25) is 0 Å². The van der Waals surface area contributed by atoms with Crippen molar-refractivity contribution in [3.05, 3.63) is 75.4 Å². The molecule has 0 saturated carbocycles. The summed E-state index contributed by atoms with van der Waals surface area (Å²) in [6.07, 6.45) is 0. The molecular weight excluding hydrogens is 468 g/mol. The molecule has 3 aromatic carbocycles. The van der Waals surface area contributed by atoms with Crippen LogP contribution in [0.1, 0.15) is 10.4 Å². The molecule has 0 radical (unpaired) electrons. The summed E-state index contributed by atoms with van der Waals surface area (Å²) in [5.41, 5.74) is 0.378. The van der Waals surface area contributed by atoms with Gasteiger partial charge in [0.1, 0.15) is 11.1 Å². The molecule has 0 bridgehead atoms. The van der Waals surface area contributed by atoms with E-state index in [4.69, 9.17) is 18.6 Å². The van der Waals surface area contributed by atoms with E-state index in [1.54, 1.807) is 33.5 Å². The zero-order chi connectivity index (χ0) is 24.5. The smallest absolute Gasteiger partial charge is 0.349 e. The first-order valence-electron chi connectivity index (χ1n) is 10.8. The number of rotatable bonds is 6. The summed E-state index contributed by atoms with van der Waals surface area (Å²) in [5.74, 6) is 0.453. The first-order valence-corrected chi connectivity index (χ1v) is 11.6. The molecule has 2 heterocycles. The molecule has 0 spiro atoms. The highest BCUT2D eigenvalue weighted by atomic mass is 32.1. The van der Waals surface area contributed by atoms with Crippen LogP contribution in [0.25, 0.3) is 32.0 Å². The van der Waals surface area contributed by atoms with Crippen LogP contribution in [0.5, 0.6) is 11.5 Å². The van der Waals surface area contributed by atoms with E-state index in [0.717, 1.165) is 21.0 Å². The summed E-state index contributed by atoms with van der Waals surface area (Å²) in [6.45, 7) is 0.862. The van der Waals surface area contributed by atoms with Crippen molar-refractivity contribution in [2.75, 3.05) is 27.9 Å². The van der Waals surface area contributed by atoms with Crippen molar-refractivity contribution in [3.63, 3.8) is 0 Å². The van der Waals surface area contributed by atoms with Crippen LogP contribution < -0.4 is 19.9 Å². The third-order valence-electron chi connectivity index (χ3n) is 5.78. The lowest BCUT2D eigenvalue weighted by Gasteiger charge is -2.09. The molecule has 1 amide bonds. The molecule has 9 heteroatoms. The van der Waals surface area contributed by atoms with Gasteiger partial charge in [0.15, 0.2) is 16.3 Å². The summed E-state index contributed by atoms with van der Waals surface area (Å²) in [6, 6.07) is 16.6. The van der Waals surface area contributed by atoms with Crippen LogP contribution in [-0.2, 0) is 11.3 Å². The van der Waals surface area contributed by atoms with E-state index in [9.17, 15) is 9.59 Å². The van der Waals surface area contributed by atoms with Crippen LogP contribution in [0.3, 0.4) is 0 Å². The van der Waals surface area contributed by atoms with Crippen molar-refractivity contribution >= 4 is 49.2 Å². The van der Waals surface area contributed by atoms with Gasteiger partial charge in [0.2, 0.25) is 0 Å². The fourth-order valence-electron chi connectivity index (χ4n) is 4.05. The number of carbonyl (C=O) groups excluding carboxylic acids is 1. The number of hydrogen-bond donors (Lipinski definition) is 0. The highest BCUT2D eigenvalue weighted by Crippen LogP contribution is 2.33. The molecule has 0 aliphatic rings. The van der Waals surface area contributed by atoms with Gasteiger partial charge >= 0.3 is 5.63 Å². The van der Waals surface area contributed by atoms with Crippen molar-refractivity contribution in [2.24, 2.45) is 4.99 Å². The Morgan fingerprint density at radius 1 is 1.00 bits per heavy atom. The number of fused-ring (bicyclic) bond motifs is 4. The summed E-state index contributed by atoms with van der Waals surface area (Å²) in [5, 5.41) is 2.55. The van der Waals surface area contributed by atoms with Crippen LogP contribution in [0.15, 0.2) is 68.8 Å². The largest absolute Gasteiger partial charge is 0.493 e. The fourth-order valence-corrected chi connectivity index (χ4v) is 5.11. The van der Waals surface area contributed by atoms with Crippen molar-refractivity contribution in [2.45, 2.75) is 6.54 Å². The molecule has 0 atom stereocenters. The predicted octanol–water partition coefficient (Wildman–Crippen LogP) is 4.37. The molecule has 5 rings (SSSR count). The zero-order valence-corrected chi connectivity index (χ0v) is 20.2. The number of aromatic nitrogens is 1. The molecule has 0 aliphatic carbocycles. The van der Waals surface area contributed by atoms with Gasteiger partial charge in [0.25, 0.3) is 5.91 Å².